The van der Waals surface area contributed by atoms with Gasteiger partial charge >= 0.3 is 0 Å². The molecule has 5 nitrogen and oxygen atoms in total. The first-order chi connectivity index (χ1) is 10.3. The molecule has 0 amide bonds. The van der Waals surface area contributed by atoms with Crippen molar-refractivity contribution in [3.63, 3.8) is 0 Å². The van der Waals surface area contributed by atoms with Gasteiger partial charge in [0.2, 0.25) is 0 Å². The SMILES string of the molecule is Cn1ccnc1C(NCCOC1CCCC1)c1ccco1. The molecule has 0 saturated heterocycles. The summed E-state index contributed by atoms with van der Waals surface area (Å²) in [6, 6.07) is 3.85. The van der Waals surface area contributed by atoms with Crippen molar-refractivity contribution in [1.29, 1.82) is 0 Å². The summed E-state index contributed by atoms with van der Waals surface area (Å²) in [4.78, 5) is 4.43. The van der Waals surface area contributed by atoms with Crippen molar-refractivity contribution in [3.8, 4) is 0 Å². The number of aromatic nitrogens is 2. The van der Waals surface area contributed by atoms with Gasteiger partial charge in [0.05, 0.1) is 19.0 Å². The van der Waals surface area contributed by atoms with Crippen LogP contribution >= 0.6 is 0 Å². The summed E-state index contributed by atoms with van der Waals surface area (Å²) in [5.41, 5.74) is 0. The minimum absolute atomic E-state index is 0.0350. The van der Waals surface area contributed by atoms with E-state index in [1.54, 1.807) is 6.26 Å². The van der Waals surface area contributed by atoms with Gasteiger partial charge in [-0.2, -0.15) is 0 Å². The van der Waals surface area contributed by atoms with Gasteiger partial charge in [0.1, 0.15) is 17.6 Å². The molecule has 5 heteroatoms. The van der Waals surface area contributed by atoms with Gasteiger partial charge < -0.3 is 13.7 Å². The molecular formula is C16H23N3O2. The molecule has 1 aliphatic rings. The van der Waals surface area contributed by atoms with Crippen LogP contribution in [0.4, 0.5) is 0 Å². The number of rotatable bonds is 7. The van der Waals surface area contributed by atoms with Crippen molar-refractivity contribution in [2.75, 3.05) is 13.2 Å². The molecule has 2 aromatic heterocycles. The molecule has 0 radical (unpaired) electrons. The van der Waals surface area contributed by atoms with Crippen molar-refractivity contribution in [2.45, 2.75) is 37.8 Å². The second kappa shape index (κ2) is 6.91. The highest BCUT2D eigenvalue weighted by molar-refractivity contribution is 5.15. The largest absolute Gasteiger partial charge is 0.467 e. The first-order valence-electron chi connectivity index (χ1n) is 7.70. The van der Waals surface area contributed by atoms with E-state index in [0.29, 0.717) is 6.10 Å². The molecule has 0 aliphatic heterocycles. The van der Waals surface area contributed by atoms with E-state index in [9.17, 15) is 0 Å². The van der Waals surface area contributed by atoms with Crippen molar-refractivity contribution in [2.24, 2.45) is 7.05 Å². The maximum Gasteiger partial charge on any atom is 0.133 e. The minimum Gasteiger partial charge on any atom is -0.467 e. The second-order valence-electron chi connectivity index (χ2n) is 5.58. The Morgan fingerprint density at radius 2 is 2.33 bits per heavy atom. The van der Waals surface area contributed by atoms with Crippen LogP contribution in [0.3, 0.4) is 0 Å². The Morgan fingerprint density at radius 3 is 3.00 bits per heavy atom. The number of hydrogen-bond acceptors (Lipinski definition) is 4. The molecule has 1 N–H and O–H groups in total. The minimum atomic E-state index is -0.0350. The van der Waals surface area contributed by atoms with Gasteiger partial charge in [-0.25, -0.2) is 4.98 Å². The van der Waals surface area contributed by atoms with Crippen LogP contribution < -0.4 is 5.32 Å². The summed E-state index contributed by atoms with van der Waals surface area (Å²) >= 11 is 0. The Labute approximate surface area is 125 Å². The lowest BCUT2D eigenvalue weighted by atomic mass is 10.2. The number of hydrogen-bond donors (Lipinski definition) is 1. The highest BCUT2D eigenvalue weighted by Gasteiger charge is 2.21. The first-order valence-corrected chi connectivity index (χ1v) is 7.70. The van der Waals surface area contributed by atoms with E-state index in [4.69, 9.17) is 9.15 Å². The first kappa shape index (κ1) is 14.4. The fourth-order valence-electron chi connectivity index (χ4n) is 2.91. The number of nitrogens with one attached hydrogen (secondary N) is 1. The Hall–Kier alpha value is -1.59. The lowest BCUT2D eigenvalue weighted by molar-refractivity contribution is 0.0592. The zero-order valence-corrected chi connectivity index (χ0v) is 12.5. The van der Waals surface area contributed by atoms with Crippen LogP contribution in [-0.4, -0.2) is 28.8 Å². The molecular weight excluding hydrogens is 266 g/mol. The molecule has 1 saturated carbocycles. The van der Waals surface area contributed by atoms with E-state index in [-0.39, 0.29) is 6.04 Å². The molecule has 1 aliphatic carbocycles. The van der Waals surface area contributed by atoms with Crippen LogP contribution in [0.1, 0.15) is 43.3 Å². The molecule has 2 aromatic rings. The third-order valence-electron chi connectivity index (χ3n) is 4.05. The number of aryl methyl sites for hydroxylation is 1. The maximum absolute atomic E-state index is 5.90. The molecule has 1 atom stereocenters. The van der Waals surface area contributed by atoms with E-state index in [1.165, 1.54) is 25.7 Å². The maximum atomic E-state index is 5.90. The van der Waals surface area contributed by atoms with Crippen LogP contribution in [0.15, 0.2) is 35.2 Å². The van der Waals surface area contributed by atoms with Crippen molar-refractivity contribution in [3.05, 3.63) is 42.4 Å². The predicted molar refractivity (Wildman–Crippen MR) is 80.0 cm³/mol. The van der Waals surface area contributed by atoms with Gasteiger partial charge in [0.15, 0.2) is 0 Å². The van der Waals surface area contributed by atoms with Gasteiger partial charge in [-0.3, -0.25) is 5.32 Å². The number of ether oxygens (including phenoxy) is 1. The Kier molecular flexibility index (Phi) is 4.72. The highest BCUT2D eigenvalue weighted by atomic mass is 16.5. The second-order valence-corrected chi connectivity index (χ2v) is 5.58. The van der Waals surface area contributed by atoms with Gasteiger partial charge in [-0.15, -0.1) is 0 Å². The summed E-state index contributed by atoms with van der Waals surface area (Å²) in [6.07, 6.45) is 10.9. The van der Waals surface area contributed by atoms with Crippen molar-refractivity contribution in [1.82, 2.24) is 14.9 Å². The molecule has 21 heavy (non-hydrogen) atoms. The molecule has 114 valence electrons. The zero-order chi connectivity index (χ0) is 14.5. The fraction of sp³-hybridized carbons (Fsp3) is 0.562. The van der Waals surface area contributed by atoms with Gasteiger partial charge in [-0.05, 0) is 25.0 Å². The average Bonchev–Trinajstić information content (AvgIpc) is 3.21. The molecule has 0 spiro atoms. The lowest BCUT2D eigenvalue weighted by Crippen LogP contribution is -2.29. The highest BCUT2D eigenvalue weighted by Crippen LogP contribution is 2.22. The summed E-state index contributed by atoms with van der Waals surface area (Å²) < 4.78 is 13.5. The van der Waals surface area contributed by atoms with E-state index in [2.05, 4.69) is 10.3 Å². The van der Waals surface area contributed by atoms with Crippen LogP contribution in [-0.2, 0) is 11.8 Å². The number of furan rings is 1. The molecule has 3 rings (SSSR count). The van der Waals surface area contributed by atoms with E-state index >= 15 is 0 Å². The summed E-state index contributed by atoms with van der Waals surface area (Å²) in [5.74, 6) is 1.83. The number of imidazole rings is 1. The molecule has 1 unspecified atom stereocenters. The molecule has 0 aromatic carbocycles. The monoisotopic (exact) mass is 289 g/mol. The summed E-state index contributed by atoms with van der Waals surface area (Å²) in [6.45, 7) is 1.51. The smallest absolute Gasteiger partial charge is 0.133 e. The van der Waals surface area contributed by atoms with Crippen LogP contribution in [0.2, 0.25) is 0 Å². The van der Waals surface area contributed by atoms with Crippen LogP contribution in [0, 0.1) is 0 Å². The normalized spacial score (nSPS) is 17.4. The fourth-order valence-corrected chi connectivity index (χ4v) is 2.91. The van der Waals surface area contributed by atoms with Crippen molar-refractivity contribution >= 4 is 0 Å². The summed E-state index contributed by atoms with van der Waals surface area (Å²) in [5, 5.41) is 3.49. The Bertz CT molecular complexity index is 529. The van der Waals surface area contributed by atoms with E-state index in [1.807, 2.05) is 36.1 Å². The quantitative estimate of drug-likeness (QED) is 0.796. The average molecular weight is 289 g/mol. The third-order valence-corrected chi connectivity index (χ3v) is 4.05. The van der Waals surface area contributed by atoms with Crippen LogP contribution in [0.25, 0.3) is 0 Å². The van der Waals surface area contributed by atoms with E-state index in [0.717, 1.165) is 24.7 Å². The Morgan fingerprint density at radius 1 is 1.48 bits per heavy atom. The summed E-state index contributed by atoms with van der Waals surface area (Å²) in [7, 11) is 2.00. The number of nitrogens with zero attached hydrogens (tertiary/aromatic N) is 2. The van der Waals surface area contributed by atoms with Gasteiger partial charge in [0.25, 0.3) is 0 Å². The lowest BCUT2D eigenvalue weighted by Gasteiger charge is -2.17. The van der Waals surface area contributed by atoms with Crippen LogP contribution in [0.5, 0.6) is 0 Å². The predicted octanol–water partition coefficient (Wildman–Crippen LogP) is 2.65. The topological polar surface area (TPSA) is 52.2 Å². The van der Waals surface area contributed by atoms with Gasteiger partial charge in [0, 0.05) is 26.0 Å². The zero-order valence-electron chi connectivity index (χ0n) is 12.5. The third kappa shape index (κ3) is 3.54. The molecule has 2 heterocycles. The molecule has 1 fully saturated rings. The standard InChI is InChI=1S/C16H23N3O2/c1-19-10-8-18-16(19)15(14-7-4-11-21-14)17-9-12-20-13-5-2-3-6-13/h4,7-8,10-11,13,15,17H,2-3,5-6,9,12H2,1H3. The van der Waals surface area contributed by atoms with Crippen molar-refractivity contribution < 1.29 is 9.15 Å². The Balaban J connectivity index is 1.57. The molecule has 0 bridgehead atoms. The van der Waals surface area contributed by atoms with E-state index < -0.39 is 0 Å². The van der Waals surface area contributed by atoms with Gasteiger partial charge in [-0.1, -0.05) is 12.8 Å².